The fourth-order valence-electron chi connectivity index (χ4n) is 4.00. The molecule has 0 spiro atoms. The molecule has 1 aromatic heterocycles. The van der Waals surface area contributed by atoms with Gasteiger partial charge in [-0.25, -0.2) is 18.4 Å². The van der Waals surface area contributed by atoms with Crippen molar-refractivity contribution >= 4 is 33.9 Å². The molecule has 2 aliphatic rings. The normalized spacial score (nSPS) is 20.7. The summed E-state index contributed by atoms with van der Waals surface area (Å²) in [5.74, 6) is -0.893. The predicted molar refractivity (Wildman–Crippen MR) is 114 cm³/mol. The third-order valence-corrected chi connectivity index (χ3v) is 8.55. The van der Waals surface area contributed by atoms with E-state index >= 15 is 0 Å². The van der Waals surface area contributed by atoms with Crippen molar-refractivity contribution in [3.63, 3.8) is 0 Å². The van der Waals surface area contributed by atoms with E-state index in [4.69, 9.17) is 4.74 Å². The van der Waals surface area contributed by atoms with Crippen LogP contribution in [-0.2, 0) is 20.5 Å². The molecule has 0 saturated carbocycles. The van der Waals surface area contributed by atoms with Crippen LogP contribution >= 0.6 is 11.3 Å². The van der Waals surface area contributed by atoms with Gasteiger partial charge in [0.25, 0.3) is 5.91 Å². The van der Waals surface area contributed by atoms with Gasteiger partial charge in [-0.15, -0.1) is 0 Å². The molecule has 2 N–H and O–H groups in total. The van der Waals surface area contributed by atoms with Crippen LogP contribution in [-0.4, -0.2) is 63.8 Å². The monoisotopic (exact) mass is 453 g/mol. The molecule has 162 valence electrons. The summed E-state index contributed by atoms with van der Waals surface area (Å²) in [7, 11) is -1.60. The average Bonchev–Trinajstić information content (AvgIpc) is 3.33. The molecule has 1 amide bonds. The molecule has 30 heavy (non-hydrogen) atoms. The number of hydrogen-bond acceptors (Lipinski definition) is 6. The molecular weight excluding hydrogens is 429 g/mol. The molecule has 2 aromatic rings. The van der Waals surface area contributed by atoms with Crippen molar-refractivity contribution in [1.29, 1.82) is 0 Å². The molecule has 3 heterocycles. The second kappa shape index (κ2) is 9.11. The van der Waals surface area contributed by atoms with Gasteiger partial charge >= 0.3 is 0 Å². The highest BCUT2D eigenvalue weighted by molar-refractivity contribution is 7.85. The minimum atomic E-state index is -1.60. The van der Waals surface area contributed by atoms with Gasteiger partial charge in [0, 0.05) is 50.6 Å². The summed E-state index contributed by atoms with van der Waals surface area (Å²) in [5, 5.41) is 13.0. The van der Waals surface area contributed by atoms with Crippen LogP contribution in [0.3, 0.4) is 0 Å². The molecule has 4 rings (SSSR count). The van der Waals surface area contributed by atoms with Crippen molar-refractivity contribution in [2.75, 3.05) is 44.3 Å². The fourth-order valence-corrected chi connectivity index (χ4v) is 6.36. The van der Waals surface area contributed by atoms with E-state index in [0.717, 1.165) is 11.3 Å². The number of ether oxygens (including phenoxy) is 1. The largest absolute Gasteiger partial charge is 0.381 e. The van der Waals surface area contributed by atoms with E-state index < -0.39 is 21.6 Å². The molecule has 2 saturated heterocycles. The highest BCUT2D eigenvalue weighted by Crippen LogP contribution is 2.32. The minimum absolute atomic E-state index is 0.266. The fraction of sp³-hybridized carbons (Fsp3) is 0.450. The third-order valence-electron chi connectivity index (χ3n) is 5.77. The van der Waals surface area contributed by atoms with E-state index in [9.17, 15) is 18.6 Å². The Morgan fingerprint density at radius 1 is 1.20 bits per heavy atom. The van der Waals surface area contributed by atoms with Crippen molar-refractivity contribution < 1.29 is 23.3 Å². The van der Waals surface area contributed by atoms with Gasteiger partial charge < -0.3 is 9.64 Å². The lowest BCUT2D eigenvalue weighted by molar-refractivity contribution is -0.134. The zero-order valence-electron chi connectivity index (χ0n) is 16.4. The maximum absolute atomic E-state index is 14.6. The van der Waals surface area contributed by atoms with Gasteiger partial charge in [0.05, 0.1) is 0 Å². The lowest BCUT2D eigenvalue weighted by Crippen LogP contribution is -2.59. The highest BCUT2D eigenvalue weighted by Gasteiger charge is 2.48. The molecule has 0 radical (unpaired) electrons. The molecule has 7 nitrogen and oxygen atoms in total. The summed E-state index contributed by atoms with van der Waals surface area (Å²) >= 11 is 1.53. The zero-order valence-corrected chi connectivity index (χ0v) is 18.0. The van der Waals surface area contributed by atoms with E-state index in [1.165, 1.54) is 11.3 Å². The molecule has 1 atom stereocenters. The number of thiophene rings is 1. The zero-order chi connectivity index (χ0) is 21.1. The number of hydrogen-bond donors (Lipinski definition) is 2. The molecule has 1 unspecified atom stereocenters. The molecule has 2 fully saturated rings. The lowest BCUT2D eigenvalue weighted by Gasteiger charge is -2.41. The average molecular weight is 454 g/mol. The number of halogens is 1. The van der Waals surface area contributed by atoms with Crippen molar-refractivity contribution in [3.05, 3.63) is 40.8 Å². The maximum Gasteiger partial charge on any atom is 0.263 e. The van der Waals surface area contributed by atoms with E-state index in [1.807, 2.05) is 22.9 Å². The Morgan fingerprint density at radius 3 is 2.53 bits per heavy atom. The summed E-state index contributed by atoms with van der Waals surface area (Å²) in [6.45, 7) is 2.74. The summed E-state index contributed by atoms with van der Waals surface area (Å²) < 4.78 is 33.8. The summed E-state index contributed by atoms with van der Waals surface area (Å²) in [4.78, 5) is 14.4. The van der Waals surface area contributed by atoms with Crippen LogP contribution in [0.25, 0.3) is 11.1 Å². The number of carbonyl (C=O) groups is 1. The van der Waals surface area contributed by atoms with E-state index in [-0.39, 0.29) is 5.82 Å². The second-order valence-electron chi connectivity index (χ2n) is 7.39. The number of anilines is 1. The van der Waals surface area contributed by atoms with Crippen LogP contribution in [0.2, 0.25) is 0 Å². The Kier molecular flexibility index (Phi) is 6.49. The number of piperazine rings is 1. The van der Waals surface area contributed by atoms with Crippen molar-refractivity contribution in [2.45, 2.75) is 17.6 Å². The lowest BCUT2D eigenvalue weighted by atomic mass is 9.98. The van der Waals surface area contributed by atoms with Gasteiger partial charge in [-0.3, -0.25) is 10.0 Å². The van der Waals surface area contributed by atoms with E-state index in [2.05, 4.69) is 4.90 Å². The first kappa shape index (κ1) is 21.4. The number of nitrogens with zero attached hydrogens (tertiary/aromatic N) is 2. The van der Waals surface area contributed by atoms with Crippen LogP contribution in [0.1, 0.15) is 12.8 Å². The van der Waals surface area contributed by atoms with Crippen LogP contribution in [0.4, 0.5) is 10.1 Å². The van der Waals surface area contributed by atoms with Crippen molar-refractivity contribution in [1.82, 2.24) is 9.79 Å². The van der Waals surface area contributed by atoms with Gasteiger partial charge in [0.2, 0.25) is 0 Å². The van der Waals surface area contributed by atoms with Gasteiger partial charge in [0.15, 0.2) is 0 Å². The first-order valence-electron chi connectivity index (χ1n) is 9.81. The number of amides is 1. The van der Waals surface area contributed by atoms with Crippen LogP contribution in [0.15, 0.2) is 35.0 Å². The van der Waals surface area contributed by atoms with E-state index in [0.29, 0.717) is 57.8 Å². The Hall–Kier alpha value is -1.85. The van der Waals surface area contributed by atoms with Crippen LogP contribution < -0.4 is 10.4 Å². The first-order chi connectivity index (χ1) is 14.5. The van der Waals surface area contributed by atoms with Gasteiger partial charge in [0.1, 0.15) is 21.5 Å². The number of benzene rings is 1. The Bertz CT molecular complexity index is 911. The molecular formula is C20H24FN3O4S2. The molecule has 2 aliphatic heterocycles. The van der Waals surface area contributed by atoms with E-state index in [1.54, 1.807) is 21.9 Å². The quantitative estimate of drug-likeness (QED) is 0.537. The number of nitrogens with one attached hydrogen (secondary N) is 1. The minimum Gasteiger partial charge on any atom is -0.381 e. The van der Waals surface area contributed by atoms with Gasteiger partial charge in [-0.1, -0.05) is 0 Å². The highest BCUT2D eigenvalue weighted by atomic mass is 32.2. The number of rotatable bonds is 5. The Morgan fingerprint density at radius 2 is 1.93 bits per heavy atom. The third kappa shape index (κ3) is 4.02. The SMILES string of the molecule is O=C(NO)C1(S(=O)N2CCN(c3ccc(-c4ccsc4)c(F)c3)CC2)CCOCC1. The first-order valence-corrected chi connectivity index (χ1v) is 11.9. The topological polar surface area (TPSA) is 82.1 Å². The van der Waals surface area contributed by atoms with Crippen molar-refractivity contribution in [2.24, 2.45) is 0 Å². The van der Waals surface area contributed by atoms with Gasteiger partial charge in [-0.05, 0) is 53.4 Å². The molecule has 0 bridgehead atoms. The summed E-state index contributed by atoms with van der Waals surface area (Å²) in [5.41, 5.74) is 3.92. The Balaban J connectivity index is 1.44. The molecule has 1 aromatic carbocycles. The summed E-state index contributed by atoms with van der Waals surface area (Å²) in [6.07, 6.45) is 0.586. The number of hydroxylamine groups is 1. The van der Waals surface area contributed by atoms with Crippen LogP contribution in [0, 0.1) is 5.82 Å². The van der Waals surface area contributed by atoms with Gasteiger partial charge in [-0.2, -0.15) is 11.3 Å². The summed E-state index contributed by atoms with van der Waals surface area (Å²) in [6, 6.07) is 7.13. The predicted octanol–water partition coefficient (Wildman–Crippen LogP) is 2.39. The standard InChI is InChI=1S/C20H24FN3O4S2/c21-18-13-16(1-2-17(18)15-3-12-29-14-15)23-6-8-24(9-7-23)30(27)20(19(25)22-26)4-10-28-11-5-20/h1-3,12-14,26H,4-11H2,(H,22,25). The van der Waals surface area contributed by atoms with Crippen molar-refractivity contribution in [3.8, 4) is 11.1 Å². The second-order valence-corrected chi connectivity index (χ2v) is 9.97. The van der Waals surface area contributed by atoms with Crippen LogP contribution in [0.5, 0.6) is 0 Å². The molecule has 10 heteroatoms. The Labute approximate surface area is 181 Å². The smallest absolute Gasteiger partial charge is 0.263 e. The molecule has 0 aliphatic carbocycles. The number of carbonyl (C=O) groups excluding carboxylic acids is 1. The maximum atomic E-state index is 14.6.